The Labute approximate surface area is 141 Å². The van der Waals surface area contributed by atoms with Crippen molar-refractivity contribution >= 4 is 11.3 Å². The summed E-state index contributed by atoms with van der Waals surface area (Å²) in [6.45, 7) is 10.1. The van der Waals surface area contributed by atoms with E-state index in [4.69, 9.17) is 0 Å². The summed E-state index contributed by atoms with van der Waals surface area (Å²) in [7, 11) is 0. The predicted molar refractivity (Wildman–Crippen MR) is 90.0 cm³/mol. The highest BCUT2D eigenvalue weighted by atomic mass is 32.1. The van der Waals surface area contributed by atoms with Gasteiger partial charge in [-0.3, -0.25) is 4.90 Å². The maximum atomic E-state index is 4.38. The van der Waals surface area contributed by atoms with Gasteiger partial charge in [-0.2, -0.15) is 0 Å². The molecular formula is C15H25N7S. The smallest absolute Gasteiger partial charge is 0.165 e. The lowest BCUT2D eigenvalue weighted by Gasteiger charge is -2.24. The first-order valence-corrected chi connectivity index (χ1v) is 9.21. The fraction of sp³-hybridized carbons (Fsp3) is 0.733. The molecule has 3 heterocycles. The number of nitrogens with zero attached hydrogens (tertiary/aromatic N) is 6. The van der Waals surface area contributed by atoms with Crippen LogP contribution in [0.4, 0.5) is 0 Å². The fourth-order valence-corrected chi connectivity index (χ4v) is 3.84. The molecule has 126 valence electrons. The summed E-state index contributed by atoms with van der Waals surface area (Å²) in [5, 5.41) is 15.7. The van der Waals surface area contributed by atoms with E-state index in [9.17, 15) is 0 Å². The molecule has 0 unspecified atom stereocenters. The minimum absolute atomic E-state index is 0.707. The quantitative estimate of drug-likeness (QED) is 0.787. The van der Waals surface area contributed by atoms with Crippen LogP contribution in [0.2, 0.25) is 0 Å². The molecule has 0 spiro atoms. The number of hydrogen-bond donors (Lipinski definition) is 1. The molecule has 23 heavy (non-hydrogen) atoms. The molecular weight excluding hydrogens is 310 g/mol. The van der Waals surface area contributed by atoms with Gasteiger partial charge in [-0.05, 0) is 49.2 Å². The average Bonchev–Trinajstić information content (AvgIpc) is 3.26. The second-order valence-corrected chi connectivity index (χ2v) is 7.15. The van der Waals surface area contributed by atoms with Gasteiger partial charge in [0.05, 0.1) is 17.7 Å². The van der Waals surface area contributed by atoms with Gasteiger partial charge in [0, 0.05) is 24.5 Å². The Morgan fingerprint density at radius 1 is 1.43 bits per heavy atom. The van der Waals surface area contributed by atoms with Crippen LogP contribution < -0.4 is 5.32 Å². The summed E-state index contributed by atoms with van der Waals surface area (Å²) in [5.74, 6) is 1.67. The van der Waals surface area contributed by atoms with Crippen molar-refractivity contribution in [2.45, 2.75) is 46.3 Å². The Bertz CT molecular complexity index is 602. The zero-order valence-corrected chi connectivity index (χ0v) is 14.7. The van der Waals surface area contributed by atoms with Crippen LogP contribution in [0.15, 0.2) is 5.51 Å². The first-order chi connectivity index (χ1) is 11.3. The van der Waals surface area contributed by atoms with Gasteiger partial charge in [0.25, 0.3) is 0 Å². The van der Waals surface area contributed by atoms with E-state index in [1.54, 1.807) is 11.3 Å². The number of thiazole rings is 1. The number of rotatable bonds is 8. The maximum Gasteiger partial charge on any atom is 0.165 e. The molecule has 0 aromatic carbocycles. The summed E-state index contributed by atoms with van der Waals surface area (Å²) in [4.78, 5) is 8.19. The molecule has 1 atom stereocenters. The van der Waals surface area contributed by atoms with Gasteiger partial charge in [0.2, 0.25) is 0 Å². The summed E-state index contributed by atoms with van der Waals surface area (Å²) in [6, 6.07) is 0. The van der Waals surface area contributed by atoms with Crippen molar-refractivity contribution in [3.8, 4) is 0 Å². The third-order valence-electron chi connectivity index (χ3n) is 4.30. The van der Waals surface area contributed by atoms with Crippen LogP contribution in [-0.2, 0) is 19.6 Å². The number of tetrazole rings is 1. The summed E-state index contributed by atoms with van der Waals surface area (Å²) < 4.78 is 1.93. The monoisotopic (exact) mass is 335 g/mol. The van der Waals surface area contributed by atoms with E-state index in [1.807, 2.05) is 10.2 Å². The van der Waals surface area contributed by atoms with Gasteiger partial charge < -0.3 is 5.32 Å². The molecule has 1 N–H and O–H groups in total. The molecule has 0 bridgehead atoms. The second kappa shape index (κ2) is 7.94. The van der Waals surface area contributed by atoms with Crippen molar-refractivity contribution in [3.05, 3.63) is 21.9 Å². The SMILES string of the molecule is CCCn1nnnc1CN(Cc1scnc1C)C[C@@H]1CCNC1. The van der Waals surface area contributed by atoms with Gasteiger partial charge in [-0.1, -0.05) is 6.92 Å². The van der Waals surface area contributed by atoms with Gasteiger partial charge in [-0.15, -0.1) is 16.4 Å². The molecule has 1 aliphatic heterocycles. The summed E-state index contributed by atoms with van der Waals surface area (Å²) in [5.41, 5.74) is 3.07. The minimum atomic E-state index is 0.707. The highest BCUT2D eigenvalue weighted by molar-refractivity contribution is 7.09. The topological polar surface area (TPSA) is 71.8 Å². The largest absolute Gasteiger partial charge is 0.316 e. The third kappa shape index (κ3) is 4.33. The molecule has 0 amide bonds. The summed E-state index contributed by atoms with van der Waals surface area (Å²) >= 11 is 1.74. The molecule has 2 aromatic heterocycles. The zero-order valence-electron chi connectivity index (χ0n) is 13.9. The molecule has 1 fully saturated rings. The second-order valence-electron chi connectivity index (χ2n) is 6.21. The van der Waals surface area contributed by atoms with Crippen molar-refractivity contribution in [1.29, 1.82) is 0 Å². The van der Waals surface area contributed by atoms with E-state index in [2.05, 4.69) is 44.6 Å². The zero-order chi connectivity index (χ0) is 16.1. The fourth-order valence-electron chi connectivity index (χ4n) is 3.02. The molecule has 3 rings (SSSR count). The molecule has 0 aliphatic carbocycles. The first-order valence-electron chi connectivity index (χ1n) is 8.33. The molecule has 2 aromatic rings. The number of aromatic nitrogens is 5. The lowest BCUT2D eigenvalue weighted by Crippen LogP contribution is -2.31. The molecule has 8 heteroatoms. The molecule has 0 saturated carbocycles. The molecule has 1 aliphatic rings. The van der Waals surface area contributed by atoms with Crippen LogP contribution in [-0.4, -0.2) is 49.7 Å². The summed E-state index contributed by atoms with van der Waals surface area (Å²) in [6.07, 6.45) is 2.29. The van der Waals surface area contributed by atoms with E-state index < -0.39 is 0 Å². The predicted octanol–water partition coefficient (Wildman–Crippen LogP) is 1.46. The Kier molecular flexibility index (Phi) is 5.69. The van der Waals surface area contributed by atoms with Crippen LogP contribution in [0.5, 0.6) is 0 Å². The number of nitrogens with one attached hydrogen (secondary N) is 1. The molecule has 7 nitrogen and oxygen atoms in total. The van der Waals surface area contributed by atoms with Gasteiger partial charge in [0.15, 0.2) is 5.82 Å². The maximum absolute atomic E-state index is 4.38. The lowest BCUT2D eigenvalue weighted by atomic mass is 10.1. The number of aryl methyl sites for hydroxylation is 2. The lowest BCUT2D eigenvalue weighted by molar-refractivity contribution is 0.212. The van der Waals surface area contributed by atoms with Crippen LogP contribution in [0.3, 0.4) is 0 Å². The van der Waals surface area contributed by atoms with Crippen molar-refractivity contribution < 1.29 is 0 Å². The highest BCUT2D eigenvalue weighted by Crippen LogP contribution is 2.19. The van der Waals surface area contributed by atoms with Crippen LogP contribution in [0.25, 0.3) is 0 Å². The molecule has 1 saturated heterocycles. The van der Waals surface area contributed by atoms with Crippen molar-refractivity contribution in [3.63, 3.8) is 0 Å². The van der Waals surface area contributed by atoms with Gasteiger partial charge in [-0.25, -0.2) is 9.67 Å². The Balaban J connectivity index is 1.70. The number of hydrogen-bond acceptors (Lipinski definition) is 7. The normalized spacial score (nSPS) is 18.1. The van der Waals surface area contributed by atoms with Crippen LogP contribution in [0, 0.1) is 12.8 Å². The average molecular weight is 335 g/mol. The first kappa shape index (κ1) is 16.5. The molecule has 0 radical (unpaired) electrons. The van der Waals surface area contributed by atoms with Crippen molar-refractivity contribution in [2.24, 2.45) is 5.92 Å². The standard InChI is InChI=1S/C15H25N7S/c1-3-6-22-15(18-19-20-22)10-21(8-13-4-5-16-7-13)9-14-12(2)17-11-23-14/h11,13,16H,3-10H2,1-2H3/t13-/m1/s1. The van der Waals surface area contributed by atoms with Crippen LogP contribution >= 0.6 is 11.3 Å². The van der Waals surface area contributed by atoms with Crippen molar-refractivity contribution in [2.75, 3.05) is 19.6 Å². The minimum Gasteiger partial charge on any atom is -0.316 e. The van der Waals surface area contributed by atoms with E-state index in [1.165, 1.54) is 11.3 Å². The Morgan fingerprint density at radius 3 is 3.04 bits per heavy atom. The van der Waals surface area contributed by atoms with Crippen molar-refractivity contribution in [1.82, 2.24) is 35.4 Å². The van der Waals surface area contributed by atoms with E-state index in [0.29, 0.717) is 5.92 Å². The highest BCUT2D eigenvalue weighted by Gasteiger charge is 2.21. The Hall–Kier alpha value is -1.38. The van der Waals surface area contributed by atoms with Crippen LogP contribution in [0.1, 0.15) is 36.2 Å². The van der Waals surface area contributed by atoms with Gasteiger partial charge >= 0.3 is 0 Å². The van der Waals surface area contributed by atoms with E-state index in [-0.39, 0.29) is 0 Å². The van der Waals surface area contributed by atoms with E-state index >= 15 is 0 Å². The Morgan fingerprint density at radius 2 is 2.35 bits per heavy atom. The van der Waals surface area contributed by atoms with Gasteiger partial charge in [0.1, 0.15) is 0 Å². The third-order valence-corrected chi connectivity index (χ3v) is 5.22. The van der Waals surface area contributed by atoms with E-state index in [0.717, 1.165) is 57.2 Å².